The van der Waals surface area contributed by atoms with Gasteiger partial charge in [-0.1, -0.05) is 155 Å². The Balaban J connectivity index is 2.36. The monoisotopic (exact) mass is 696 g/mol. The fourth-order valence-electron chi connectivity index (χ4n) is 8.11. The van der Waals surface area contributed by atoms with E-state index in [0.717, 1.165) is 186 Å². The van der Waals surface area contributed by atoms with Gasteiger partial charge in [0, 0.05) is 31.1 Å². The second-order valence-electron chi connectivity index (χ2n) is 16.1. The van der Waals surface area contributed by atoms with E-state index in [1.165, 1.54) is 0 Å². The van der Waals surface area contributed by atoms with Crippen LogP contribution in [0.25, 0.3) is 0 Å². The summed E-state index contributed by atoms with van der Waals surface area (Å²) in [4.78, 5) is 26.7. The third-order valence-electron chi connectivity index (χ3n) is 11.4. The number of ketones is 1. The first kappa shape index (κ1) is 46.0. The number of unbranched alkanes of at least 4 members (excludes halogenated alkanes) is 18. The average molecular weight is 696 g/mol. The van der Waals surface area contributed by atoms with E-state index in [4.69, 9.17) is 5.73 Å². The Labute approximate surface area is 302 Å². The van der Waals surface area contributed by atoms with Gasteiger partial charge in [-0.05, 0) is 51.4 Å². The molecule has 0 aliphatic heterocycles. The van der Waals surface area contributed by atoms with Crippen LogP contribution in [0.4, 0.5) is 0 Å². The zero-order valence-corrected chi connectivity index (χ0v) is 32.3. The highest BCUT2D eigenvalue weighted by Gasteiger charge is 2.42. The van der Waals surface area contributed by atoms with Crippen molar-refractivity contribution in [3.05, 3.63) is 0 Å². The molecule has 7 nitrogen and oxygen atoms in total. The van der Waals surface area contributed by atoms with Crippen LogP contribution in [-0.4, -0.2) is 43.7 Å². The van der Waals surface area contributed by atoms with Crippen molar-refractivity contribution in [2.75, 3.05) is 0 Å². The molecule has 1 saturated carbocycles. The zero-order valence-electron chi connectivity index (χ0n) is 32.3. The lowest BCUT2D eigenvalue weighted by Crippen LogP contribution is -2.41. The summed E-state index contributed by atoms with van der Waals surface area (Å²) < 4.78 is 0. The maximum Gasteiger partial charge on any atom is 0.228 e. The Hall–Kier alpha value is -1.02. The van der Waals surface area contributed by atoms with Gasteiger partial charge in [-0.15, -0.1) is 0 Å². The summed E-state index contributed by atoms with van der Waals surface area (Å²) in [5, 5.41) is 40.8. The van der Waals surface area contributed by atoms with Crippen LogP contribution in [0, 0.1) is 11.3 Å². The Morgan fingerprint density at radius 2 is 0.878 bits per heavy atom. The molecule has 0 bridgehead atoms. The van der Waals surface area contributed by atoms with Crippen LogP contribution in [0.5, 0.6) is 0 Å². The fraction of sp³-hybridized carbons (Fsp3) is 0.952. The van der Waals surface area contributed by atoms with Gasteiger partial charge in [-0.3, -0.25) is 9.59 Å². The van der Waals surface area contributed by atoms with Gasteiger partial charge < -0.3 is 26.2 Å². The first-order chi connectivity index (χ1) is 23.5. The van der Waals surface area contributed by atoms with Crippen molar-refractivity contribution < 1.29 is 30.0 Å². The molecule has 1 rings (SSSR count). The molecule has 0 aromatic heterocycles. The van der Waals surface area contributed by atoms with Crippen molar-refractivity contribution in [3.63, 3.8) is 0 Å². The minimum atomic E-state index is -1.52. The normalized spacial score (nSPS) is 16.0. The summed E-state index contributed by atoms with van der Waals surface area (Å²) in [5.41, 5.74) is 5.48. The summed E-state index contributed by atoms with van der Waals surface area (Å²) in [6.45, 7) is 4.31. The van der Waals surface area contributed by atoms with Crippen LogP contribution in [0.15, 0.2) is 0 Å². The van der Waals surface area contributed by atoms with Gasteiger partial charge in [0.05, 0.1) is 5.92 Å². The summed E-state index contributed by atoms with van der Waals surface area (Å²) in [5.74, 6) is -4.03. The molecule has 1 unspecified atom stereocenters. The van der Waals surface area contributed by atoms with Gasteiger partial charge in [0.25, 0.3) is 0 Å². The van der Waals surface area contributed by atoms with Crippen molar-refractivity contribution in [2.45, 2.75) is 244 Å². The van der Waals surface area contributed by atoms with E-state index in [-0.39, 0.29) is 5.78 Å². The number of primary amides is 1. The molecular weight excluding hydrogens is 614 g/mol. The molecule has 0 saturated heterocycles. The first-order valence-corrected chi connectivity index (χ1v) is 21.2. The van der Waals surface area contributed by atoms with E-state index in [1.807, 2.05) is 0 Å². The zero-order chi connectivity index (χ0) is 36.3. The van der Waals surface area contributed by atoms with E-state index in [0.29, 0.717) is 32.1 Å². The number of amides is 1. The van der Waals surface area contributed by atoms with E-state index in [2.05, 4.69) is 13.8 Å². The standard InChI is InChI=1S/C42H81NO6/c1-3-5-7-25-33-41(46,47)35-27-17-13-9-11-15-21-29-37(39(43)45)38(44)40(31-23-19-20-24-32-40)30-22-16-12-10-14-18-28-36-42(48,49)34-26-8-6-4-2/h37,46-49H,3-36H2,1-2H3,(H2,43,45). The lowest BCUT2D eigenvalue weighted by Gasteiger charge is -2.34. The minimum Gasteiger partial charge on any atom is -0.369 e. The smallest absolute Gasteiger partial charge is 0.228 e. The van der Waals surface area contributed by atoms with Gasteiger partial charge in [0.1, 0.15) is 0 Å². The van der Waals surface area contributed by atoms with Crippen molar-refractivity contribution in [3.8, 4) is 0 Å². The predicted molar refractivity (Wildman–Crippen MR) is 203 cm³/mol. The Morgan fingerprint density at radius 1 is 0.531 bits per heavy atom. The molecule has 6 N–H and O–H groups in total. The molecule has 1 fully saturated rings. The molecule has 49 heavy (non-hydrogen) atoms. The van der Waals surface area contributed by atoms with Crippen LogP contribution in [-0.2, 0) is 9.59 Å². The summed E-state index contributed by atoms with van der Waals surface area (Å²) in [7, 11) is 0. The number of aliphatic hydroxyl groups is 4. The SMILES string of the molecule is CCCCCCC(O)(O)CCCCCCCCCC(C(N)=O)C(=O)C1(CCCCCCCCCC(O)(O)CCCCCC)CCCCCC1. The summed E-state index contributed by atoms with van der Waals surface area (Å²) in [6, 6.07) is 0. The number of hydrogen-bond donors (Lipinski definition) is 5. The number of hydrogen-bond acceptors (Lipinski definition) is 6. The van der Waals surface area contributed by atoms with Gasteiger partial charge >= 0.3 is 0 Å². The first-order valence-electron chi connectivity index (χ1n) is 21.2. The number of nitrogens with two attached hydrogens (primary N) is 1. The van der Waals surface area contributed by atoms with E-state index >= 15 is 0 Å². The quantitative estimate of drug-likeness (QED) is 0.0200. The average Bonchev–Trinajstić information content (AvgIpc) is 3.31. The molecule has 7 heteroatoms. The summed E-state index contributed by atoms with van der Waals surface area (Å²) in [6.07, 6.45) is 32.2. The number of Topliss-reactive ketones (excluding diaryl/α,β-unsaturated/α-hetero) is 1. The maximum atomic E-state index is 14.1. The van der Waals surface area contributed by atoms with Crippen molar-refractivity contribution in [1.29, 1.82) is 0 Å². The third-order valence-corrected chi connectivity index (χ3v) is 11.4. The predicted octanol–water partition coefficient (Wildman–Crippen LogP) is 10.3. The van der Waals surface area contributed by atoms with Gasteiger partial charge in [-0.25, -0.2) is 0 Å². The number of carbonyl (C=O) groups is 2. The Morgan fingerprint density at radius 3 is 1.27 bits per heavy atom. The second kappa shape index (κ2) is 27.6. The minimum absolute atomic E-state index is 0.124. The molecule has 1 aliphatic rings. The van der Waals surface area contributed by atoms with Crippen LogP contribution >= 0.6 is 0 Å². The fourth-order valence-corrected chi connectivity index (χ4v) is 8.11. The molecule has 1 amide bonds. The highest BCUT2D eigenvalue weighted by molar-refractivity contribution is 6.03. The maximum absolute atomic E-state index is 14.1. The lowest BCUT2D eigenvalue weighted by atomic mass is 9.68. The van der Waals surface area contributed by atoms with Crippen LogP contribution in [0.2, 0.25) is 0 Å². The highest BCUT2D eigenvalue weighted by atomic mass is 16.5. The topological polar surface area (TPSA) is 141 Å². The van der Waals surface area contributed by atoms with Crippen LogP contribution < -0.4 is 5.73 Å². The van der Waals surface area contributed by atoms with E-state index < -0.39 is 28.8 Å². The highest BCUT2D eigenvalue weighted by Crippen LogP contribution is 2.43. The van der Waals surface area contributed by atoms with Crippen LogP contribution in [0.3, 0.4) is 0 Å². The molecule has 1 aliphatic carbocycles. The van der Waals surface area contributed by atoms with Crippen molar-refractivity contribution >= 4 is 11.7 Å². The van der Waals surface area contributed by atoms with E-state index in [1.54, 1.807) is 0 Å². The number of carbonyl (C=O) groups excluding carboxylic acids is 2. The Bertz CT molecular complexity index is 820. The molecule has 290 valence electrons. The second-order valence-corrected chi connectivity index (χ2v) is 16.1. The molecule has 0 aromatic carbocycles. The van der Waals surface area contributed by atoms with Gasteiger partial charge in [0.2, 0.25) is 5.91 Å². The largest absolute Gasteiger partial charge is 0.369 e. The Kier molecular flexibility index (Phi) is 25.9. The molecule has 0 heterocycles. The van der Waals surface area contributed by atoms with Gasteiger partial charge in [-0.2, -0.15) is 0 Å². The molecular formula is C42H81NO6. The van der Waals surface area contributed by atoms with Gasteiger partial charge in [0.15, 0.2) is 17.4 Å². The molecule has 0 radical (unpaired) electrons. The lowest BCUT2D eigenvalue weighted by molar-refractivity contribution is -0.172. The molecule has 0 aromatic rings. The van der Waals surface area contributed by atoms with E-state index in [9.17, 15) is 30.0 Å². The van der Waals surface area contributed by atoms with Crippen molar-refractivity contribution in [2.24, 2.45) is 17.1 Å². The third kappa shape index (κ3) is 22.5. The molecule has 1 atom stereocenters. The van der Waals surface area contributed by atoms with Crippen molar-refractivity contribution in [1.82, 2.24) is 0 Å². The van der Waals surface area contributed by atoms with Crippen LogP contribution in [0.1, 0.15) is 232 Å². The summed E-state index contributed by atoms with van der Waals surface area (Å²) >= 11 is 0. The molecule has 0 spiro atoms. The number of rotatable bonds is 33.